The van der Waals surface area contributed by atoms with Crippen LogP contribution >= 0.6 is 11.6 Å². The highest BCUT2D eigenvalue weighted by Gasteiger charge is 2.72. The SMILES string of the molecule is N#CC1(C#N)[C@@H](c2ccccc2)CC2=C(C(=O)C[C@@H](c3ccccc3)O2)[C@]12C(=O)Nc1ccc(Cl)cc12. The quantitative estimate of drug-likeness (QED) is 0.478. The molecule has 37 heavy (non-hydrogen) atoms. The van der Waals surface area contributed by atoms with Gasteiger partial charge < -0.3 is 10.1 Å². The number of nitrogens with one attached hydrogen (secondary N) is 1. The van der Waals surface area contributed by atoms with Crippen LogP contribution in [0.2, 0.25) is 5.02 Å². The summed E-state index contributed by atoms with van der Waals surface area (Å²) in [6.07, 6.45) is -0.433. The van der Waals surface area contributed by atoms with Crippen LogP contribution in [0.5, 0.6) is 0 Å². The zero-order chi connectivity index (χ0) is 25.8. The van der Waals surface area contributed by atoms with Crippen molar-refractivity contribution < 1.29 is 14.3 Å². The second kappa shape index (κ2) is 8.34. The van der Waals surface area contributed by atoms with E-state index in [2.05, 4.69) is 17.5 Å². The minimum Gasteiger partial charge on any atom is -0.489 e. The van der Waals surface area contributed by atoms with Crippen molar-refractivity contribution in [2.45, 2.75) is 30.3 Å². The van der Waals surface area contributed by atoms with Gasteiger partial charge in [-0.2, -0.15) is 10.5 Å². The Morgan fingerprint density at radius 2 is 1.54 bits per heavy atom. The van der Waals surface area contributed by atoms with E-state index < -0.39 is 28.8 Å². The summed E-state index contributed by atoms with van der Waals surface area (Å²) in [4.78, 5) is 28.1. The number of benzene rings is 3. The molecular formula is C30H20ClN3O3. The van der Waals surface area contributed by atoms with Crippen LogP contribution < -0.4 is 5.32 Å². The van der Waals surface area contributed by atoms with Crippen molar-refractivity contribution in [2.24, 2.45) is 5.41 Å². The summed E-state index contributed by atoms with van der Waals surface area (Å²) < 4.78 is 6.49. The Morgan fingerprint density at radius 3 is 2.19 bits per heavy atom. The van der Waals surface area contributed by atoms with E-state index in [9.17, 15) is 20.1 Å². The van der Waals surface area contributed by atoms with E-state index in [4.69, 9.17) is 16.3 Å². The monoisotopic (exact) mass is 505 g/mol. The molecule has 180 valence electrons. The van der Waals surface area contributed by atoms with Gasteiger partial charge >= 0.3 is 0 Å². The maximum absolute atomic E-state index is 14.1. The molecule has 6 nitrogen and oxygen atoms in total. The van der Waals surface area contributed by atoms with Gasteiger partial charge in [0.25, 0.3) is 0 Å². The molecular weight excluding hydrogens is 486 g/mol. The molecule has 7 heteroatoms. The number of ether oxygens (including phenoxy) is 1. The van der Waals surface area contributed by atoms with E-state index in [1.54, 1.807) is 18.2 Å². The first kappa shape index (κ1) is 23.0. The molecule has 3 aromatic carbocycles. The summed E-state index contributed by atoms with van der Waals surface area (Å²) in [5.41, 5.74) is -1.47. The fourth-order valence-electron chi connectivity index (χ4n) is 6.23. The number of hydrogen-bond donors (Lipinski definition) is 1. The van der Waals surface area contributed by atoms with Gasteiger partial charge in [-0.3, -0.25) is 9.59 Å². The molecule has 0 radical (unpaired) electrons. The Morgan fingerprint density at radius 1 is 0.892 bits per heavy atom. The molecule has 0 fully saturated rings. The molecule has 0 saturated carbocycles. The Balaban J connectivity index is 1.68. The molecule has 1 aliphatic carbocycles. The number of rotatable bonds is 2. The van der Waals surface area contributed by atoms with Gasteiger partial charge in [0, 0.05) is 28.6 Å². The Bertz CT molecular complexity index is 1560. The number of carbonyl (C=O) groups excluding carboxylic acids is 2. The number of allylic oxidation sites excluding steroid dienone is 1. The van der Waals surface area contributed by atoms with E-state index in [0.717, 1.165) is 5.56 Å². The third-order valence-electron chi connectivity index (χ3n) is 7.79. The number of anilines is 1. The topological polar surface area (TPSA) is 103 Å². The van der Waals surface area contributed by atoms with Crippen molar-refractivity contribution in [3.8, 4) is 12.1 Å². The summed E-state index contributed by atoms with van der Waals surface area (Å²) in [7, 11) is 0. The summed E-state index contributed by atoms with van der Waals surface area (Å²) >= 11 is 6.38. The zero-order valence-corrected chi connectivity index (χ0v) is 20.3. The smallest absolute Gasteiger partial charge is 0.242 e. The van der Waals surface area contributed by atoms with E-state index in [-0.39, 0.29) is 24.2 Å². The molecule has 2 aliphatic heterocycles. The fourth-order valence-corrected chi connectivity index (χ4v) is 6.40. The average molecular weight is 506 g/mol. The summed E-state index contributed by atoms with van der Waals surface area (Å²) in [6, 6.07) is 27.9. The van der Waals surface area contributed by atoms with Crippen molar-refractivity contribution in [1.29, 1.82) is 10.5 Å². The van der Waals surface area contributed by atoms with Crippen LogP contribution in [0.4, 0.5) is 5.69 Å². The van der Waals surface area contributed by atoms with Gasteiger partial charge in [-0.05, 0) is 29.3 Å². The van der Waals surface area contributed by atoms with E-state index in [1.165, 1.54) is 0 Å². The first-order valence-corrected chi connectivity index (χ1v) is 12.3. The van der Waals surface area contributed by atoms with Crippen LogP contribution in [0, 0.1) is 28.1 Å². The molecule has 0 unspecified atom stereocenters. The van der Waals surface area contributed by atoms with Crippen molar-refractivity contribution >= 4 is 29.0 Å². The molecule has 2 heterocycles. The Labute approximate surface area is 218 Å². The van der Waals surface area contributed by atoms with Crippen LogP contribution in [0.15, 0.2) is 90.2 Å². The maximum atomic E-state index is 14.1. The second-order valence-electron chi connectivity index (χ2n) is 9.54. The van der Waals surface area contributed by atoms with Crippen LogP contribution in [0.25, 0.3) is 0 Å². The molecule has 3 atom stereocenters. The second-order valence-corrected chi connectivity index (χ2v) is 9.97. The maximum Gasteiger partial charge on any atom is 0.242 e. The standard InChI is InChI=1S/C30H20ClN3O3/c31-20-11-12-23-22(13-20)30(28(36)34-23)27-24(35)15-25(19-9-5-2-6-10-19)37-26(27)14-21(29(30,16-32)17-33)18-7-3-1-4-8-18/h1-13,21,25H,14-15H2,(H,34,36)/t21-,25+,30-/m1/s1. The first-order chi connectivity index (χ1) is 18.0. The third-order valence-corrected chi connectivity index (χ3v) is 8.03. The fraction of sp³-hybridized carbons (Fsp3) is 0.200. The average Bonchev–Trinajstić information content (AvgIpc) is 3.21. The lowest BCUT2D eigenvalue weighted by Gasteiger charge is -2.49. The number of Topliss-reactive ketones (excluding diaryl/α,β-unsaturated/α-hetero) is 1. The van der Waals surface area contributed by atoms with Crippen molar-refractivity contribution in [3.05, 3.63) is 112 Å². The van der Waals surface area contributed by atoms with Gasteiger partial charge in [-0.1, -0.05) is 72.3 Å². The number of carbonyl (C=O) groups is 2. The van der Waals surface area contributed by atoms with Crippen LogP contribution in [0.3, 0.4) is 0 Å². The van der Waals surface area contributed by atoms with E-state index in [1.807, 2.05) is 60.7 Å². The highest BCUT2D eigenvalue weighted by atomic mass is 35.5. The zero-order valence-electron chi connectivity index (χ0n) is 19.6. The summed E-state index contributed by atoms with van der Waals surface area (Å²) in [5.74, 6) is -1.33. The lowest BCUT2D eigenvalue weighted by Crippen LogP contribution is -2.58. The van der Waals surface area contributed by atoms with Gasteiger partial charge in [0.15, 0.2) is 11.2 Å². The Hall–Kier alpha value is -4.39. The molecule has 0 bridgehead atoms. The molecule has 1 N–H and O–H groups in total. The summed E-state index contributed by atoms with van der Waals surface area (Å²) in [6.45, 7) is 0. The van der Waals surface area contributed by atoms with Gasteiger partial charge in [0.2, 0.25) is 5.91 Å². The Kier molecular flexibility index (Phi) is 5.19. The van der Waals surface area contributed by atoms with Gasteiger partial charge in [-0.25, -0.2) is 0 Å². The first-order valence-electron chi connectivity index (χ1n) is 11.9. The molecule has 1 amide bonds. The third kappa shape index (κ3) is 3.03. The van der Waals surface area contributed by atoms with Crippen LogP contribution in [-0.2, 0) is 19.7 Å². The molecule has 0 aromatic heterocycles. The molecule has 1 spiro atoms. The van der Waals surface area contributed by atoms with Crippen molar-refractivity contribution in [1.82, 2.24) is 0 Å². The predicted molar refractivity (Wildman–Crippen MR) is 136 cm³/mol. The lowest BCUT2D eigenvalue weighted by atomic mass is 9.47. The minimum absolute atomic E-state index is 0.0171. The van der Waals surface area contributed by atoms with Crippen LogP contribution in [-0.4, -0.2) is 11.7 Å². The van der Waals surface area contributed by atoms with Gasteiger partial charge in [-0.15, -0.1) is 0 Å². The molecule has 3 aromatic rings. The summed E-state index contributed by atoms with van der Waals surface area (Å²) in [5, 5.41) is 24.7. The number of ketones is 1. The molecule has 0 saturated heterocycles. The van der Waals surface area contributed by atoms with Gasteiger partial charge in [0.05, 0.1) is 24.1 Å². The number of nitrogens with zero attached hydrogens (tertiary/aromatic N) is 2. The van der Waals surface area contributed by atoms with E-state index in [0.29, 0.717) is 27.6 Å². The number of nitriles is 2. The number of amides is 1. The lowest BCUT2D eigenvalue weighted by molar-refractivity contribution is -0.129. The van der Waals surface area contributed by atoms with Crippen molar-refractivity contribution in [3.63, 3.8) is 0 Å². The largest absolute Gasteiger partial charge is 0.489 e. The number of hydrogen-bond acceptors (Lipinski definition) is 5. The van der Waals surface area contributed by atoms with E-state index >= 15 is 0 Å². The normalized spacial score (nSPS) is 25.4. The van der Waals surface area contributed by atoms with Crippen LogP contribution in [0.1, 0.15) is 41.6 Å². The molecule has 6 rings (SSSR count). The predicted octanol–water partition coefficient (Wildman–Crippen LogP) is 5.74. The number of fused-ring (bicyclic) bond motifs is 3. The highest BCUT2D eigenvalue weighted by molar-refractivity contribution is 6.31. The highest BCUT2D eigenvalue weighted by Crippen LogP contribution is 2.65. The number of halogens is 1. The van der Waals surface area contributed by atoms with Crippen molar-refractivity contribution in [2.75, 3.05) is 5.32 Å². The van der Waals surface area contributed by atoms with Gasteiger partial charge in [0.1, 0.15) is 17.3 Å². The molecule has 3 aliphatic rings. The minimum atomic E-state index is -1.94.